The van der Waals surface area contributed by atoms with Crippen LogP contribution in [0.1, 0.15) is 17.4 Å². The smallest absolute Gasteiger partial charge is 0.356 e. The molecule has 0 bridgehead atoms. The second-order valence-electron chi connectivity index (χ2n) is 3.52. The van der Waals surface area contributed by atoms with Crippen molar-refractivity contribution in [3.05, 3.63) is 48.3 Å². The Bertz CT molecular complexity index is 508. The van der Waals surface area contributed by atoms with Gasteiger partial charge >= 0.3 is 5.97 Å². The highest BCUT2D eigenvalue weighted by molar-refractivity contribution is 5.87. The Morgan fingerprint density at radius 2 is 2.06 bits per heavy atom. The van der Waals surface area contributed by atoms with Gasteiger partial charge in [-0.15, -0.1) is 0 Å². The van der Waals surface area contributed by atoms with Gasteiger partial charge in [0.2, 0.25) is 0 Å². The molecule has 1 aromatic carbocycles. The molecule has 1 aromatic heterocycles. The Kier molecular flexibility index (Phi) is 3.96. The van der Waals surface area contributed by atoms with Gasteiger partial charge in [0.25, 0.3) is 0 Å². The zero-order valence-electron chi connectivity index (χ0n) is 10.1. The minimum absolute atomic E-state index is 0.172. The number of nitrogens with zero attached hydrogens (tertiary/aromatic N) is 2. The summed E-state index contributed by atoms with van der Waals surface area (Å²) in [5, 5.41) is 4.03. The molecular weight excluding hydrogens is 232 g/mol. The van der Waals surface area contributed by atoms with E-state index in [1.165, 1.54) is 4.68 Å². The van der Waals surface area contributed by atoms with Crippen LogP contribution in [0.2, 0.25) is 0 Å². The molecule has 5 heteroatoms. The lowest BCUT2D eigenvalue weighted by Gasteiger charge is -2.08. The van der Waals surface area contributed by atoms with Crippen LogP contribution >= 0.6 is 0 Å². The lowest BCUT2D eigenvalue weighted by Crippen LogP contribution is -2.16. The molecule has 0 unspecified atom stereocenters. The van der Waals surface area contributed by atoms with Crippen molar-refractivity contribution < 1.29 is 14.3 Å². The van der Waals surface area contributed by atoms with Crippen LogP contribution in [0.5, 0.6) is 5.75 Å². The molecule has 0 saturated carbocycles. The molecule has 0 N–H and O–H groups in total. The van der Waals surface area contributed by atoms with Crippen LogP contribution in [0, 0.1) is 0 Å². The molecule has 2 rings (SSSR count). The number of carbonyl (C=O) groups is 1. The Hall–Kier alpha value is -2.30. The van der Waals surface area contributed by atoms with Gasteiger partial charge in [-0.25, -0.2) is 9.48 Å². The highest BCUT2D eigenvalue weighted by Gasteiger charge is 2.12. The average molecular weight is 246 g/mol. The minimum Gasteiger partial charge on any atom is -0.471 e. The fraction of sp³-hybridized carbons (Fsp3) is 0.231. The molecule has 0 spiro atoms. The lowest BCUT2D eigenvalue weighted by molar-refractivity contribution is 0.0502. The third-order valence-corrected chi connectivity index (χ3v) is 2.30. The predicted molar refractivity (Wildman–Crippen MR) is 65.3 cm³/mol. The van der Waals surface area contributed by atoms with E-state index in [0.717, 1.165) is 5.75 Å². The molecule has 0 fully saturated rings. The number of aromatic nitrogens is 2. The van der Waals surface area contributed by atoms with Crippen molar-refractivity contribution in [3.63, 3.8) is 0 Å². The van der Waals surface area contributed by atoms with Crippen LogP contribution in [0.15, 0.2) is 42.6 Å². The first-order chi connectivity index (χ1) is 8.81. The summed E-state index contributed by atoms with van der Waals surface area (Å²) in [5.41, 5.74) is 0.382. The van der Waals surface area contributed by atoms with E-state index < -0.39 is 5.97 Å². The summed E-state index contributed by atoms with van der Waals surface area (Å²) in [6, 6.07) is 11.0. The van der Waals surface area contributed by atoms with Crippen LogP contribution in [-0.2, 0) is 11.5 Å². The molecule has 94 valence electrons. The summed E-state index contributed by atoms with van der Waals surface area (Å²) in [4.78, 5) is 11.6. The standard InChI is InChI=1S/C13H14N2O3/c1-2-17-13(16)12-8-9-14-15(12)10-18-11-6-4-3-5-7-11/h3-9H,2,10H2,1H3. The van der Waals surface area contributed by atoms with Crippen molar-refractivity contribution in [2.45, 2.75) is 13.7 Å². The summed E-state index contributed by atoms with van der Waals surface area (Å²) in [6.45, 7) is 2.27. The second-order valence-corrected chi connectivity index (χ2v) is 3.52. The minimum atomic E-state index is -0.397. The van der Waals surface area contributed by atoms with Gasteiger partial charge in [-0.05, 0) is 25.1 Å². The number of hydrogen-bond donors (Lipinski definition) is 0. The summed E-state index contributed by atoms with van der Waals surface area (Å²) >= 11 is 0. The third-order valence-electron chi connectivity index (χ3n) is 2.30. The highest BCUT2D eigenvalue weighted by atomic mass is 16.5. The quantitative estimate of drug-likeness (QED) is 0.758. The van der Waals surface area contributed by atoms with Gasteiger partial charge in [0.1, 0.15) is 11.4 Å². The number of para-hydroxylation sites is 1. The van der Waals surface area contributed by atoms with E-state index in [2.05, 4.69) is 5.10 Å². The van der Waals surface area contributed by atoms with Crippen molar-refractivity contribution in [2.24, 2.45) is 0 Å². The van der Waals surface area contributed by atoms with Crippen LogP contribution in [-0.4, -0.2) is 22.4 Å². The number of rotatable bonds is 5. The van der Waals surface area contributed by atoms with Gasteiger partial charge in [-0.2, -0.15) is 5.10 Å². The van der Waals surface area contributed by atoms with Gasteiger partial charge in [-0.1, -0.05) is 18.2 Å². The van der Waals surface area contributed by atoms with Crippen molar-refractivity contribution in [1.82, 2.24) is 9.78 Å². The van der Waals surface area contributed by atoms with E-state index in [0.29, 0.717) is 12.3 Å². The van der Waals surface area contributed by atoms with Gasteiger partial charge in [0.15, 0.2) is 6.73 Å². The molecule has 2 aromatic rings. The zero-order valence-corrected chi connectivity index (χ0v) is 10.1. The average Bonchev–Trinajstić information content (AvgIpc) is 2.86. The van der Waals surface area contributed by atoms with Crippen molar-refractivity contribution >= 4 is 5.97 Å². The molecule has 0 amide bonds. The van der Waals surface area contributed by atoms with Crippen molar-refractivity contribution in [1.29, 1.82) is 0 Å². The van der Waals surface area contributed by atoms with Crippen molar-refractivity contribution in [3.8, 4) is 5.75 Å². The molecular formula is C13H14N2O3. The topological polar surface area (TPSA) is 53.3 Å². The molecule has 0 atom stereocenters. The summed E-state index contributed by atoms with van der Waals surface area (Å²) in [7, 11) is 0. The fourth-order valence-electron chi connectivity index (χ4n) is 1.47. The highest BCUT2D eigenvalue weighted by Crippen LogP contribution is 2.10. The van der Waals surface area contributed by atoms with E-state index in [4.69, 9.17) is 9.47 Å². The Labute approximate surface area is 105 Å². The summed E-state index contributed by atoms with van der Waals surface area (Å²) < 4.78 is 11.9. The number of ether oxygens (including phenoxy) is 2. The maximum atomic E-state index is 11.6. The molecule has 0 aliphatic carbocycles. The largest absolute Gasteiger partial charge is 0.471 e. The summed E-state index contributed by atoms with van der Waals surface area (Å²) in [5.74, 6) is 0.328. The van der Waals surface area contributed by atoms with Crippen LogP contribution in [0.3, 0.4) is 0 Å². The lowest BCUT2D eigenvalue weighted by atomic mass is 10.3. The monoisotopic (exact) mass is 246 g/mol. The predicted octanol–water partition coefficient (Wildman–Crippen LogP) is 2.10. The molecule has 0 radical (unpaired) electrons. The SMILES string of the molecule is CCOC(=O)c1ccnn1COc1ccccc1. The summed E-state index contributed by atoms with van der Waals surface area (Å²) in [6.07, 6.45) is 1.54. The number of hydrogen-bond acceptors (Lipinski definition) is 4. The maximum Gasteiger partial charge on any atom is 0.356 e. The van der Waals surface area contributed by atoms with Gasteiger partial charge in [0.05, 0.1) is 6.61 Å². The fourth-order valence-corrected chi connectivity index (χ4v) is 1.47. The molecule has 0 aliphatic rings. The maximum absolute atomic E-state index is 11.6. The van der Waals surface area contributed by atoms with Crippen LogP contribution in [0.4, 0.5) is 0 Å². The van der Waals surface area contributed by atoms with Crippen molar-refractivity contribution in [2.75, 3.05) is 6.61 Å². The van der Waals surface area contributed by atoms with E-state index in [9.17, 15) is 4.79 Å². The molecule has 18 heavy (non-hydrogen) atoms. The van der Waals surface area contributed by atoms with E-state index >= 15 is 0 Å². The van der Waals surface area contributed by atoms with E-state index in [1.54, 1.807) is 19.2 Å². The Morgan fingerprint density at radius 1 is 1.28 bits per heavy atom. The van der Waals surface area contributed by atoms with Crippen LogP contribution < -0.4 is 4.74 Å². The number of carbonyl (C=O) groups excluding carboxylic acids is 1. The Balaban J connectivity index is 2.02. The normalized spacial score (nSPS) is 10.1. The van der Waals surface area contributed by atoms with Gasteiger partial charge < -0.3 is 9.47 Å². The molecule has 1 heterocycles. The molecule has 0 saturated heterocycles. The molecule has 0 aliphatic heterocycles. The number of benzene rings is 1. The molecule has 5 nitrogen and oxygen atoms in total. The van der Waals surface area contributed by atoms with E-state index in [-0.39, 0.29) is 6.73 Å². The van der Waals surface area contributed by atoms with Crippen LogP contribution in [0.25, 0.3) is 0 Å². The first-order valence-corrected chi connectivity index (χ1v) is 5.68. The Morgan fingerprint density at radius 3 is 2.78 bits per heavy atom. The van der Waals surface area contributed by atoms with Gasteiger partial charge in [-0.3, -0.25) is 0 Å². The second kappa shape index (κ2) is 5.86. The van der Waals surface area contributed by atoms with E-state index in [1.807, 2.05) is 30.3 Å². The number of esters is 1. The van der Waals surface area contributed by atoms with Gasteiger partial charge in [0, 0.05) is 6.20 Å². The first-order valence-electron chi connectivity index (χ1n) is 5.68. The third kappa shape index (κ3) is 2.88. The zero-order chi connectivity index (χ0) is 12.8. The first kappa shape index (κ1) is 12.2.